The summed E-state index contributed by atoms with van der Waals surface area (Å²) in [5.41, 5.74) is 9.72. The number of carboxylic acids is 1. The number of rotatable bonds is 11. The summed E-state index contributed by atoms with van der Waals surface area (Å²) in [4.78, 5) is 55.9. The third-order valence-electron chi connectivity index (χ3n) is 7.67. The number of aliphatic carboxylic acids is 1. The van der Waals surface area contributed by atoms with Gasteiger partial charge in [0.05, 0.1) is 12.1 Å². The highest BCUT2D eigenvalue weighted by atomic mass is 16.4. The predicted molar refractivity (Wildman–Crippen MR) is 129 cm³/mol. The number of guanidine groups is 1. The van der Waals surface area contributed by atoms with Crippen molar-refractivity contribution in [1.29, 1.82) is 0 Å². The second-order valence-corrected chi connectivity index (χ2v) is 10.6. The lowest BCUT2D eigenvalue weighted by molar-refractivity contribution is -0.142. The van der Waals surface area contributed by atoms with E-state index in [1.807, 2.05) is 0 Å². The Bertz CT molecular complexity index is 1070. The number of hydrogen-bond acceptors (Lipinski definition) is 6. The molecule has 0 radical (unpaired) electrons. The van der Waals surface area contributed by atoms with E-state index < -0.39 is 48.4 Å². The minimum atomic E-state index is -1.29. The van der Waals surface area contributed by atoms with Gasteiger partial charge in [0.1, 0.15) is 12.6 Å². The van der Waals surface area contributed by atoms with Crippen molar-refractivity contribution < 1.29 is 24.6 Å². The first-order valence-electron chi connectivity index (χ1n) is 12.4. The van der Waals surface area contributed by atoms with Crippen molar-refractivity contribution in [3.05, 3.63) is 16.2 Å². The van der Waals surface area contributed by atoms with Crippen molar-refractivity contribution in [2.45, 2.75) is 75.9 Å². The molecule has 4 aliphatic carbocycles. The maximum absolute atomic E-state index is 13.1. The summed E-state index contributed by atoms with van der Waals surface area (Å²) in [5, 5.41) is 25.3. The van der Waals surface area contributed by atoms with Gasteiger partial charge in [-0.05, 0) is 69.1 Å². The number of aliphatic imine (C=N–C) groups is 1. The van der Waals surface area contributed by atoms with Crippen molar-refractivity contribution in [2.24, 2.45) is 34.2 Å². The minimum Gasteiger partial charge on any atom is -0.493 e. The Kier molecular flexibility index (Phi) is 7.27. The fourth-order valence-electron chi connectivity index (χ4n) is 6.68. The average molecular weight is 506 g/mol. The first-order chi connectivity index (χ1) is 17.0. The molecule has 36 heavy (non-hydrogen) atoms. The predicted octanol–water partition coefficient (Wildman–Crippen LogP) is -0.867. The maximum Gasteiger partial charge on any atom is 0.329 e. The van der Waals surface area contributed by atoms with E-state index in [4.69, 9.17) is 11.5 Å². The highest BCUT2D eigenvalue weighted by Gasteiger charge is 2.52. The zero-order valence-corrected chi connectivity index (χ0v) is 20.2. The van der Waals surface area contributed by atoms with Crippen LogP contribution in [0.2, 0.25) is 0 Å². The number of aromatic amines is 1. The number of aromatic nitrogens is 2. The quantitative estimate of drug-likeness (QED) is 0.114. The molecule has 9 N–H and O–H groups in total. The number of nitrogens with zero attached hydrogens (tertiary/aromatic N) is 2. The first-order valence-corrected chi connectivity index (χ1v) is 12.4. The standard InChI is InChI=1S/C23H35N7O6/c24-21(25)26-3-1-2-15-20(35)30(22(36)28-15)11-17(31)27-16(7-18(32)33)19(34)29-23-8-12-4-13(9-23)6-14(5-12)10-23/h12-14,16,35H,1-11H2,(H,27,31)(H,28,36)(H,29,34)(H,32,33)(H4,24,25,26)/t12?,13?,14?,16-,23?/m0/s1. The molecule has 5 rings (SSSR count). The number of nitrogens with two attached hydrogens (primary N) is 2. The Balaban J connectivity index is 1.38. The van der Waals surface area contributed by atoms with Crippen LogP contribution < -0.4 is 27.8 Å². The van der Waals surface area contributed by atoms with Crippen LogP contribution in [0.5, 0.6) is 5.88 Å². The monoisotopic (exact) mass is 505 g/mol. The fourth-order valence-corrected chi connectivity index (χ4v) is 6.68. The third kappa shape index (κ3) is 5.82. The van der Waals surface area contributed by atoms with Crippen LogP contribution in [0.4, 0.5) is 0 Å². The van der Waals surface area contributed by atoms with E-state index in [2.05, 4.69) is 20.6 Å². The lowest BCUT2D eigenvalue weighted by atomic mass is 9.53. The van der Waals surface area contributed by atoms with Crippen LogP contribution in [0.15, 0.2) is 9.79 Å². The smallest absolute Gasteiger partial charge is 0.329 e. The molecule has 1 aromatic heterocycles. The fraction of sp³-hybridized carbons (Fsp3) is 0.696. The van der Waals surface area contributed by atoms with Crippen LogP contribution in [0.25, 0.3) is 0 Å². The lowest BCUT2D eigenvalue weighted by Gasteiger charge is -2.57. The second kappa shape index (κ2) is 10.2. The molecule has 4 fully saturated rings. The minimum absolute atomic E-state index is 0.0647. The SMILES string of the molecule is NC(N)=NCCCc1[nH]c(=O)n(CC(=O)N[C@@H](CC(=O)O)C(=O)NC23CC4CC(CC(C4)C2)C3)c1O. The van der Waals surface area contributed by atoms with Gasteiger partial charge in [-0.1, -0.05) is 0 Å². The van der Waals surface area contributed by atoms with E-state index in [1.54, 1.807) is 0 Å². The molecule has 4 saturated carbocycles. The summed E-state index contributed by atoms with van der Waals surface area (Å²) in [6.07, 6.45) is 6.35. The summed E-state index contributed by atoms with van der Waals surface area (Å²) in [5.74, 6) is -1.24. The Morgan fingerprint density at radius 1 is 1.14 bits per heavy atom. The number of nitrogens with one attached hydrogen (secondary N) is 3. The molecule has 1 aromatic rings. The van der Waals surface area contributed by atoms with Crippen molar-refractivity contribution in [2.75, 3.05) is 6.54 Å². The molecule has 13 nitrogen and oxygen atoms in total. The molecule has 0 spiro atoms. The van der Waals surface area contributed by atoms with Crippen molar-refractivity contribution in [3.8, 4) is 5.88 Å². The summed E-state index contributed by atoms with van der Waals surface area (Å²) >= 11 is 0. The molecule has 1 heterocycles. The molecule has 0 saturated heterocycles. The molecule has 13 heteroatoms. The van der Waals surface area contributed by atoms with E-state index in [0.29, 0.717) is 30.7 Å². The highest BCUT2D eigenvalue weighted by Crippen LogP contribution is 2.55. The van der Waals surface area contributed by atoms with Gasteiger partial charge in [-0.25, -0.2) is 4.79 Å². The summed E-state index contributed by atoms with van der Waals surface area (Å²) < 4.78 is 0.833. The Morgan fingerprint density at radius 2 is 1.75 bits per heavy atom. The number of amides is 2. The van der Waals surface area contributed by atoms with E-state index in [0.717, 1.165) is 23.8 Å². The topological polar surface area (TPSA) is 218 Å². The van der Waals surface area contributed by atoms with Gasteiger partial charge in [-0.3, -0.25) is 23.9 Å². The normalized spacial score (nSPS) is 26.8. The molecule has 4 aliphatic rings. The molecule has 4 bridgehead atoms. The summed E-state index contributed by atoms with van der Waals surface area (Å²) in [6, 6.07) is -1.29. The van der Waals surface area contributed by atoms with Gasteiger partial charge in [-0.2, -0.15) is 0 Å². The Labute approximate surface area is 207 Å². The van der Waals surface area contributed by atoms with Crippen LogP contribution in [0.1, 0.15) is 57.1 Å². The number of aryl methyl sites for hydroxylation is 1. The van der Waals surface area contributed by atoms with E-state index >= 15 is 0 Å². The van der Waals surface area contributed by atoms with Crippen LogP contribution in [0.3, 0.4) is 0 Å². The summed E-state index contributed by atoms with van der Waals surface area (Å²) in [7, 11) is 0. The number of H-pyrrole nitrogens is 1. The number of carboxylic acid groups (broad SMARTS) is 1. The number of imidazole rings is 1. The van der Waals surface area contributed by atoms with Gasteiger partial charge in [-0.15, -0.1) is 0 Å². The average Bonchev–Trinajstić information content (AvgIpc) is 3.02. The van der Waals surface area contributed by atoms with Gasteiger partial charge in [0.25, 0.3) is 0 Å². The first kappa shape index (κ1) is 25.6. The zero-order valence-electron chi connectivity index (χ0n) is 20.2. The number of carbonyl (C=O) groups is 3. The van der Waals surface area contributed by atoms with Gasteiger partial charge < -0.3 is 37.3 Å². The van der Waals surface area contributed by atoms with Gasteiger partial charge >= 0.3 is 11.7 Å². The largest absolute Gasteiger partial charge is 0.493 e. The van der Waals surface area contributed by atoms with Crippen LogP contribution in [-0.4, -0.2) is 61.6 Å². The van der Waals surface area contributed by atoms with Gasteiger partial charge in [0.15, 0.2) is 5.96 Å². The van der Waals surface area contributed by atoms with E-state index in [-0.39, 0.29) is 23.6 Å². The maximum atomic E-state index is 13.1. The van der Waals surface area contributed by atoms with Gasteiger partial charge in [0.2, 0.25) is 17.7 Å². The Hall–Kier alpha value is -3.51. The molecule has 1 atom stereocenters. The summed E-state index contributed by atoms with van der Waals surface area (Å²) in [6.45, 7) is -0.277. The van der Waals surface area contributed by atoms with Crippen LogP contribution in [0, 0.1) is 17.8 Å². The number of hydrogen-bond donors (Lipinski definition) is 7. The lowest BCUT2D eigenvalue weighted by Crippen LogP contribution is -2.63. The molecule has 2 amide bonds. The van der Waals surface area contributed by atoms with Crippen molar-refractivity contribution in [3.63, 3.8) is 0 Å². The number of carbonyl (C=O) groups excluding carboxylic acids is 2. The van der Waals surface area contributed by atoms with Crippen LogP contribution in [-0.2, 0) is 27.3 Å². The molecule has 0 aromatic carbocycles. The zero-order chi connectivity index (χ0) is 26.0. The molecular weight excluding hydrogens is 470 g/mol. The third-order valence-corrected chi connectivity index (χ3v) is 7.67. The van der Waals surface area contributed by atoms with E-state index in [9.17, 15) is 29.4 Å². The Morgan fingerprint density at radius 3 is 2.31 bits per heavy atom. The highest BCUT2D eigenvalue weighted by molar-refractivity contribution is 5.91. The number of aromatic hydroxyl groups is 1. The molecule has 0 unspecified atom stereocenters. The van der Waals surface area contributed by atoms with E-state index in [1.165, 1.54) is 19.3 Å². The van der Waals surface area contributed by atoms with Crippen LogP contribution >= 0.6 is 0 Å². The molecular formula is C23H35N7O6. The van der Waals surface area contributed by atoms with Crippen molar-refractivity contribution in [1.82, 2.24) is 20.2 Å². The van der Waals surface area contributed by atoms with Gasteiger partial charge in [0, 0.05) is 12.1 Å². The second-order valence-electron chi connectivity index (χ2n) is 10.6. The molecule has 0 aliphatic heterocycles. The van der Waals surface area contributed by atoms with Crippen molar-refractivity contribution >= 4 is 23.7 Å². The molecule has 198 valence electrons.